The highest BCUT2D eigenvalue weighted by Gasteiger charge is 2.38. The summed E-state index contributed by atoms with van der Waals surface area (Å²) in [4.78, 5) is 18.9. The number of rotatable bonds is 5. The highest BCUT2D eigenvalue weighted by Crippen LogP contribution is 2.29. The smallest absolute Gasteiger partial charge is 0.490 e. The first-order valence-electron chi connectivity index (χ1n) is 10.3. The van der Waals surface area contributed by atoms with Crippen LogP contribution in [-0.4, -0.2) is 60.6 Å². The number of alkyl halides is 3. The van der Waals surface area contributed by atoms with Gasteiger partial charge in [-0.2, -0.15) is 18.2 Å². The van der Waals surface area contributed by atoms with Crippen molar-refractivity contribution >= 4 is 11.7 Å². The molecular formula is C23H20F5N3O5. The molecule has 0 spiro atoms. The third-order valence-corrected chi connectivity index (χ3v) is 4.77. The van der Waals surface area contributed by atoms with Gasteiger partial charge in [-0.3, -0.25) is 0 Å². The Morgan fingerprint density at radius 2 is 1.67 bits per heavy atom. The fourth-order valence-electron chi connectivity index (χ4n) is 3.07. The van der Waals surface area contributed by atoms with E-state index in [1.54, 1.807) is 37.4 Å². The van der Waals surface area contributed by atoms with Gasteiger partial charge >= 0.3 is 18.2 Å². The summed E-state index contributed by atoms with van der Waals surface area (Å²) in [6.45, 7) is 2.41. The molecule has 13 heteroatoms. The molecule has 1 fully saturated rings. The van der Waals surface area contributed by atoms with E-state index in [9.17, 15) is 22.0 Å². The largest absolute Gasteiger partial charge is 0.497 e. The third-order valence-electron chi connectivity index (χ3n) is 4.77. The van der Waals surface area contributed by atoms with E-state index < -0.39 is 23.8 Å². The number of benzene rings is 2. The van der Waals surface area contributed by atoms with Gasteiger partial charge < -0.3 is 24.2 Å². The topological polar surface area (TPSA) is 94.0 Å². The second kappa shape index (κ2) is 11.6. The van der Waals surface area contributed by atoms with Gasteiger partial charge in [0.25, 0.3) is 0 Å². The van der Waals surface area contributed by atoms with Gasteiger partial charge in [0.1, 0.15) is 23.0 Å². The molecule has 0 bridgehead atoms. The number of carbonyl (C=O) groups is 1. The van der Waals surface area contributed by atoms with Crippen LogP contribution in [0.2, 0.25) is 0 Å². The third kappa shape index (κ3) is 7.25. The van der Waals surface area contributed by atoms with E-state index in [2.05, 4.69) is 9.97 Å². The monoisotopic (exact) mass is 513 g/mol. The minimum absolute atomic E-state index is 0.0301. The molecule has 2 aromatic carbocycles. The number of halogens is 5. The molecule has 192 valence electrons. The second-order valence-electron chi connectivity index (χ2n) is 7.23. The lowest BCUT2D eigenvalue weighted by Crippen LogP contribution is -2.36. The molecule has 2 heterocycles. The highest BCUT2D eigenvalue weighted by molar-refractivity contribution is 5.73. The van der Waals surface area contributed by atoms with Crippen LogP contribution in [0.4, 0.5) is 27.6 Å². The maximum atomic E-state index is 14.4. The van der Waals surface area contributed by atoms with E-state index in [4.69, 9.17) is 24.1 Å². The zero-order valence-corrected chi connectivity index (χ0v) is 18.8. The van der Waals surface area contributed by atoms with E-state index >= 15 is 0 Å². The first-order valence-corrected chi connectivity index (χ1v) is 10.3. The molecule has 8 nitrogen and oxygen atoms in total. The Morgan fingerprint density at radius 1 is 1.06 bits per heavy atom. The molecular weight excluding hydrogens is 493 g/mol. The lowest BCUT2D eigenvalue weighted by Gasteiger charge is -2.29. The SMILES string of the molecule is COc1ccc(Oc2ncc(F)c(-c3cc(F)cc(N4CCOCC4)c3)n2)cc1.O=C(O)C(F)(F)F. The van der Waals surface area contributed by atoms with Gasteiger partial charge in [-0.25, -0.2) is 18.6 Å². The normalized spacial score (nSPS) is 13.4. The fourth-order valence-corrected chi connectivity index (χ4v) is 3.07. The number of hydrogen-bond donors (Lipinski definition) is 1. The lowest BCUT2D eigenvalue weighted by molar-refractivity contribution is -0.192. The summed E-state index contributed by atoms with van der Waals surface area (Å²) >= 11 is 0. The number of ether oxygens (including phenoxy) is 3. The molecule has 1 aromatic heterocycles. The first-order chi connectivity index (χ1) is 17.1. The van der Waals surface area contributed by atoms with Crippen molar-refractivity contribution in [3.05, 3.63) is 60.3 Å². The van der Waals surface area contributed by atoms with Crippen LogP contribution < -0.4 is 14.4 Å². The lowest BCUT2D eigenvalue weighted by atomic mass is 10.1. The zero-order valence-electron chi connectivity index (χ0n) is 18.8. The summed E-state index contributed by atoms with van der Waals surface area (Å²) in [5.41, 5.74) is 0.933. The summed E-state index contributed by atoms with van der Waals surface area (Å²) in [6, 6.07) is 11.1. The average Bonchev–Trinajstić information content (AvgIpc) is 2.85. The molecule has 0 unspecified atom stereocenters. The van der Waals surface area contributed by atoms with E-state index in [0.717, 1.165) is 6.20 Å². The molecule has 0 amide bonds. The van der Waals surface area contributed by atoms with Crippen molar-refractivity contribution in [1.82, 2.24) is 9.97 Å². The van der Waals surface area contributed by atoms with Gasteiger partial charge in [0.15, 0.2) is 5.82 Å². The maximum absolute atomic E-state index is 14.4. The van der Waals surface area contributed by atoms with E-state index in [1.807, 2.05) is 4.90 Å². The van der Waals surface area contributed by atoms with Gasteiger partial charge in [-0.1, -0.05) is 0 Å². The van der Waals surface area contributed by atoms with Crippen LogP contribution in [0.1, 0.15) is 0 Å². The molecule has 36 heavy (non-hydrogen) atoms. The van der Waals surface area contributed by atoms with Crippen LogP contribution >= 0.6 is 0 Å². The van der Waals surface area contributed by atoms with Gasteiger partial charge in [0.05, 0.1) is 26.5 Å². The van der Waals surface area contributed by atoms with Crippen molar-refractivity contribution < 1.29 is 46.1 Å². The van der Waals surface area contributed by atoms with Crippen molar-refractivity contribution in [2.45, 2.75) is 6.18 Å². The summed E-state index contributed by atoms with van der Waals surface area (Å²) in [5, 5.41) is 7.12. The van der Waals surface area contributed by atoms with Crippen molar-refractivity contribution in [3.63, 3.8) is 0 Å². The number of hydrogen-bond acceptors (Lipinski definition) is 7. The number of nitrogens with zero attached hydrogens (tertiary/aromatic N) is 3. The van der Waals surface area contributed by atoms with Crippen molar-refractivity contribution in [2.24, 2.45) is 0 Å². The number of carboxylic acid groups (broad SMARTS) is 1. The van der Waals surface area contributed by atoms with Crippen molar-refractivity contribution in [3.8, 4) is 28.8 Å². The standard InChI is InChI=1S/C21H19F2N3O3.C2HF3O2/c1-27-17-2-4-18(5-3-17)29-21-24-13-19(23)20(25-21)14-10-15(22)12-16(11-14)26-6-8-28-9-7-26;3-2(4,5)1(6)7/h2-5,10-13H,6-9H2,1H3;(H,6,7). The first kappa shape index (κ1) is 26.6. The minimum Gasteiger partial charge on any atom is -0.497 e. The Kier molecular flexibility index (Phi) is 8.59. The Bertz CT molecular complexity index is 1190. The Balaban J connectivity index is 0.000000454. The van der Waals surface area contributed by atoms with Crippen LogP contribution in [0.5, 0.6) is 17.5 Å². The number of carboxylic acids is 1. The molecule has 1 saturated heterocycles. The van der Waals surface area contributed by atoms with E-state index in [0.29, 0.717) is 49.1 Å². The Hall–Kier alpha value is -4.00. The van der Waals surface area contributed by atoms with E-state index in [-0.39, 0.29) is 11.7 Å². The molecule has 0 saturated carbocycles. The molecule has 0 radical (unpaired) electrons. The molecule has 3 aromatic rings. The molecule has 4 rings (SSSR count). The molecule has 1 N–H and O–H groups in total. The van der Waals surface area contributed by atoms with Crippen molar-refractivity contribution in [1.29, 1.82) is 0 Å². The summed E-state index contributed by atoms with van der Waals surface area (Å²) < 4.78 is 76.5. The Morgan fingerprint density at radius 3 is 2.25 bits per heavy atom. The molecule has 1 aliphatic rings. The van der Waals surface area contributed by atoms with Crippen LogP contribution in [0, 0.1) is 11.6 Å². The highest BCUT2D eigenvalue weighted by atomic mass is 19.4. The quantitative estimate of drug-likeness (QED) is 0.491. The summed E-state index contributed by atoms with van der Waals surface area (Å²) in [7, 11) is 1.56. The van der Waals surface area contributed by atoms with Gasteiger partial charge in [-0.05, 0) is 42.5 Å². The van der Waals surface area contributed by atoms with Crippen LogP contribution in [0.15, 0.2) is 48.7 Å². The van der Waals surface area contributed by atoms with Gasteiger partial charge in [0, 0.05) is 24.3 Å². The second-order valence-corrected chi connectivity index (χ2v) is 7.23. The van der Waals surface area contributed by atoms with Crippen LogP contribution in [0.3, 0.4) is 0 Å². The molecule has 0 aliphatic carbocycles. The van der Waals surface area contributed by atoms with Crippen LogP contribution in [0.25, 0.3) is 11.3 Å². The fraction of sp³-hybridized carbons (Fsp3) is 0.261. The predicted molar refractivity (Wildman–Crippen MR) is 117 cm³/mol. The number of aromatic nitrogens is 2. The number of morpholine rings is 1. The van der Waals surface area contributed by atoms with Gasteiger partial charge in [0.2, 0.25) is 0 Å². The van der Waals surface area contributed by atoms with E-state index in [1.165, 1.54) is 12.1 Å². The van der Waals surface area contributed by atoms with Crippen LogP contribution in [-0.2, 0) is 9.53 Å². The maximum Gasteiger partial charge on any atom is 0.490 e. The van der Waals surface area contributed by atoms with Gasteiger partial charge in [-0.15, -0.1) is 0 Å². The van der Waals surface area contributed by atoms with Crippen molar-refractivity contribution in [2.75, 3.05) is 38.3 Å². The summed E-state index contributed by atoms with van der Waals surface area (Å²) in [5.74, 6) is -2.75. The summed E-state index contributed by atoms with van der Waals surface area (Å²) in [6.07, 6.45) is -4.07. The average molecular weight is 513 g/mol. The molecule has 0 atom stereocenters. The number of methoxy groups -OCH3 is 1. The minimum atomic E-state index is -5.08. The number of aliphatic carboxylic acids is 1. The Labute approximate surface area is 201 Å². The predicted octanol–water partition coefficient (Wildman–Crippen LogP) is 4.69. The zero-order chi connectivity index (χ0) is 26.3. The molecule has 1 aliphatic heterocycles. The number of anilines is 1.